The first-order valence-electron chi connectivity index (χ1n) is 7.34. The van der Waals surface area contributed by atoms with Crippen LogP contribution in [0.3, 0.4) is 0 Å². The number of furan rings is 1. The van der Waals surface area contributed by atoms with Gasteiger partial charge in [0, 0.05) is 11.0 Å². The van der Waals surface area contributed by atoms with Crippen LogP contribution in [-0.2, 0) is 0 Å². The molecule has 0 radical (unpaired) electrons. The highest BCUT2D eigenvalue weighted by atomic mass is 32.2. The van der Waals surface area contributed by atoms with Crippen molar-refractivity contribution in [3.8, 4) is 10.8 Å². The van der Waals surface area contributed by atoms with Gasteiger partial charge >= 0.3 is 0 Å². The molecule has 0 fully saturated rings. The summed E-state index contributed by atoms with van der Waals surface area (Å²) in [5.74, 6) is 2.58. The number of fused-ring (bicyclic) bond motifs is 2. The van der Waals surface area contributed by atoms with Crippen molar-refractivity contribution in [2.45, 2.75) is 4.90 Å². The second-order valence-electron chi connectivity index (χ2n) is 5.29. The van der Waals surface area contributed by atoms with Gasteiger partial charge in [0.25, 0.3) is 0 Å². The van der Waals surface area contributed by atoms with E-state index >= 15 is 0 Å². The van der Waals surface area contributed by atoms with Crippen LogP contribution in [0.4, 0.5) is 11.6 Å². The van der Waals surface area contributed by atoms with E-state index in [9.17, 15) is 0 Å². The number of benzene rings is 2. The Morgan fingerprint density at radius 1 is 0.957 bits per heavy atom. The molecule has 112 valence electrons. The standard InChI is InChI=1S/C18H12N2OS2/c1-3-7-15-12(5-1)19-18(23-15)14-9-10-17(21-14)20-11-22-16-8-4-2-6-13(16)20/h1-10H,11H2. The fourth-order valence-corrected chi connectivity index (χ4v) is 4.72. The summed E-state index contributed by atoms with van der Waals surface area (Å²) in [7, 11) is 0. The quantitative estimate of drug-likeness (QED) is 0.465. The van der Waals surface area contributed by atoms with E-state index in [0.717, 1.165) is 28.0 Å². The summed E-state index contributed by atoms with van der Waals surface area (Å²) in [6.45, 7) is 0. The van der Waals surface area contributed by atoms with Gasteiger partial charge in [-0.3, -0.25) is 0 Å². The molecule has 0 atom stereocenters. The largest absolute Gasteiger partial charge is 0.438 e. The first-order valence-corrected chi connectivity index (χ1v) is 9.14. The van der Waals surface area contributed by atoms with Crippen LogP contribution >= 0.6 is 23.1 Å². The van der Waals surface area contributed by atoms with Gasteiger partial charge in [-0.25, -0.2) is 4.98 Å². The molecule has 0 N–H and O–H groups in total. The van der Waals surface area contributed by atoms with Crippen LogP contribution in [0.2, 0.25) is 0 Å². The molecule has 5 rings (SSSR count). The van der Waals surface area contributed by atoms with Gasteiger partial charge in [0.05, 0.1) is 21.8 Å². The van der Waals surface area contributed by atoms with Gasteiger partial charge in [0.1, 0.15) is 0 Å². The van der Waals surface area contributed by atoms with Gasteiger partial charge in [-0.05, 0) is 30.3 Å². The average molecular weight is 336 g/mol. The van der Waals surface area contributed by atoms with Crippen LogP contribution in [0, 0.1) is 0 Å². The Balaban J connectivity index is 1.54. The van der Waals surface area contributed by atoms with Crippen molar-refractivity contribution in [1.82, 2.24) is 4.98 Å². The number of thiazole rings is 1. The number of nitrogens with zero attached hydrogens (tertiary/aromatic N) is 2. The third-order valence-corrected chi connectivity index (χ3v) is 5.96. The van der Waals surface area contributed by atoms with Crippen molar-refractivity contribution in [3.63, 3.8) is 0 Å². The average Bonchev–Trinajstić information content (AvgIpc) is 3.31. The Bertz CT molecular complexity index is 972. The summed E-state index contributed by atoms with van der Waals surface area (Å²) < 4.78 is 7.28. The molecule has 0 saturated heterocycles. The van der Waals surface area contributed by atoms with Crippen molar-refractivity contribution in [1.29, 1.82) is 0 Å². The second-order valence-corrected chi connectivity index (χ2v) is 7.31. The number of hydrogen-bond acceptors (Lipinski definition) is 5. The molecule has 0 amide bonds. The zero-order chi connectivity index (χ0) is 15.2. The molecule has 2 aromatic carbocycles. The van der Waals surface area contributed by atoms with Crippen molar-refractivity contribution < 1.29 is 4.42 Å². The molecular weight excluding hydrogens is 324 g/mol. The SMILES string of the molecule is c1ccc2c(c1)SCN2c1ccc(-c2nc3ccccc3s2)o1. The lowest BCUT2D eigenvalue weighted by Crippen LogP contribution is -2.10. The number of para-hydroxylation sites is 2. The Hall–Kier alpha value is -2.24. The molecule has 0 aliphatic carbocycles. The van der Waals surface area contributed by atoms with Crippen LogP contribution in [0.15, 0.2) is 70.0 Å². The van der Waals surface area contributed by atoms with Crippen LogP contribution in [0.5, 0.6) is 0 Å². The molecule has 2 aromatic heterocycles. The molecular formula is C18H12N2OS2. The highest BCUT2D eigenvalue weighted by Gasteiger charge is 2.23. The van der Waals surface area contributed by atoms with E-state index in [2.05, 4.69) is 40.2 Å². The van der Waals surface area contributed by atoms with Gasteiger partial charge in [0.2, 0.25) is 5.88 Å². The fraction of sp³-hybridized carbons (Fsp3) is 0.0556. The van der Waals surface area contributed by atoms with Crippen LogP contribution in [0.1, 0.15) is 0 Å². The Labute approximate surface area is 141 Å². The van der Waals surface area contributed by atoms with Gasteiger partial charge in [-0.15, -0.1) is 23.1 Å². The Morgan fingerprint density at radius 3 is 2.78 bits per heavy atom. The number of thioether (sulfide) groups is 1. The van der Waals surface area contributed by atoms with Gasteiger partial charge in [0.15, 0.2) is 10.8 Å². The Morgan fingerprint density at radius 2 is 1.83 bits per heavy atom. The first-order chi connectivity index (χ1) is 11.4. The summed E-state index contributed by atoms with van der Waals surface area (Å²) in [4.78, 5) is 8.17. The predicted octanol–water partition coefficient (Wildman–Crippen LogP) is 5.76. The van der Waals surface area contributed by atoms with Crippen LogP contribution in [0.25, 0.3) is 21.0 Å². The molecule has 3 nitrogen and oxygen atoms in total. The van der Waals surface area contributed by atoms with E-state index in [0.29, 0.717) is 0 Å². The van der Waals surface area contributed by atoms with E-state index in [1.807, 2.05) is 42.1 Å². The normalized spacial score (nSPS) is 13.7. The van der Waals surface area contributed by atoms with E-state index in [1.54, 1.807) is 11.3 Å². The minimum absolute atomic E-state index is 0.829. The molecule has 23 heavy (non-hydrogen) atoms. The second kappa shape index (κ2) is 5.15. The Kier molecular flexibility index (Phi) is 2.96. The third-order valence-electron chi connectivity index (χ3n) is 3.87. The van der Waals surface area contributed by atoms with Crippen molar-refractivity contribution in [2.24, 2.45) is 0 Å². The van der Waals surface area contributed by atoms with E-state index in [-0.39, 0.29) is 0 Å². The highest BCUT2D eigenvalue weighted by Crippen LogP contribution is 2.44. The van der Waals surface area contributed by atoms with Crippen molar-refractivity contribution >= 4 is 44.9 Å². The van der Waals surface area contributed by atoms with E-state index in [4.69, 9.17) is 4.42 Å². The zero-order valence-electron chi connectivity index (χ0n) is 12.1. The molecule has 1 aliphatic rings. The molecule has 0 bridgehead atoms. The number of rotatable bonds is 2. The van der Waals surface area contributed by atoms with E-state index < -0.39 is 0 Å². The van der Waals surface area contributed by atoms with Crippen LogP contribution < -0.4 is 4.90 Å². The summed E-state index contributed by atoms with van der Waals surface area (Å²) in [6, 6.07) is 20.6. The first kappa shape index (κ1) is 13.2. The molecule has 5 heteroatoms. The monoisotopic (exact) mass is 336 g/mol. The van der Waals surface area contributed by atoms with Gasteiger partial charge in [-0.2, -0.15) is 0 Å². The molecule has 4 aromatic rings. The summed E-state index contributed by atoms with van der Waals surface area (Å²) >= 11 is 3.50. The van der Waals surface area contributed by atoms with Gasteiger partial charge in [-0.1, -0.05) is 24.3 Å². The summed E-state index contributed by atoms with van der Waals surface area (Å²) in [5, 5.41) is 0.928. The van der Waals surface area contributed by atoms with Crippen molar-refractivity contribution in [3.05, 3.63) is 60.7 Å². The van der Waals surface area contributed by atoms with Gasteiger partial charge < -0.3 is 9.32 Å². The van der Waals surface area contributed by atoms with Crippen LogP contribution in [-0.4, -0.2) is 10.9 Å². The predicted molar refractivity (Wildman–Crippen MR) is 96.6 cm³/mol. The molecule has 0 spiro atoms. The molecule has 3 heterocycles. The maximum Gasteiger partial charge on any atom is 0.201 e. The number of anilines is 2. The highest BCUT2D eigenvalue weighted by molar-refractivity contribution is 7.99. The summed E-state index contributed by atoms with van der Waals surface area (Å²) in [6.07, 6.45) is 0. The lowest BCUT2D eigenvalue weighted by molar-refractivity contribution is 0.583. The topological polar surface area (TPSA) is 29.3 Å². The van der Waals surface area contributed by atoms with Crippen molar-refractivity contribution in [2.75, 3.05) is 10.8 Å². The maximum absolute atomic E-state index is 6.10. The van der Waals surface area contributed by atoms with E-state index in [1.165, 1.54) is 15.3 Å². The lowest BCUT2D eigenvalue weighted by Gasteiger charge is -2.14. The lowest BCUT2D eigenvalue weighted by atomic mass is 10.3. The number of hydrogen-bond donors (Lipinski definition) is 0. The minimum Gasteiger partial charge on any atom is -0.438 e. The zero-order valence-corrected chi connectivity index (χ0v) is 13.7. The maximum atomic E-state index is 6.10. The minimum atomic E-state index is 0.829. The molecule has 0 saturated carbocycles. The number of aromatic nitrogens is 1. The summed E-state index contributed by atoms with van der Waals surface area (Å²) in [5.41, 5.74) is 2.23. The fourth-order valence-electron chi connectivity index (χ4n) is 2.75. The smallest absolute Gasteiger partial charge is 0.201 e. The third kappa shape index (κ3) is 2.16. The molecule has 1 aliphatic heterocycles. The molecule has 0 unspecified atom stereocenters.